The van der Waals surface area contributed by atoms with E-state index in [1.54, 1.807) is 19.5 Å². The predicted octanol–water partition coefficient (Wildman–Crippen LogP) is 2.66. The number of aromatic nitrogens is 1. The van der Waals surface area contributed by atoms with E-state index in [-0.39, 0.29) is 11.3 Å². The first kappa shape index (κ1) is 15.8. The number of hydrogen-bond acceptors (Lipinski definition) is 4. The van der Waals surface area contributed by atoms with E-state index in [2.05, 4.69) is 15.3 Å². The van der Waals surface area contributed by atoms with Gasteiger partial charge >= 0.3 is 0 Å². The number of carbonyl (C=O) groups excluding carboxylic acids is 2. The Bertz CT molecular complexity index is 1080. The lowest BCUT2D eigenvalue weighted by atomic mass is 10.0. The monoisotopic (exact) mass is 345 g/mol. The second kappa shape index (κ2) is 6.33. The van der Waals surface area contributed by atoms with Gasteiger partial charge in [-0.05, 0) is 23.8 Å². The van der Waals surface area contributed by atoms with Crippen LogP contribution in [0, 0.1) is 0 Å². The summed E-state index contributed by atoms with van der Waals surface area (Å²) in [7, 11) is 1.58. The Labute approximate surface area is 149 Å². The Morgan fingerprint density at radius 1 is 1.04 bits per heavy atom. The lowest BCUT2D eigenvalue weighted by molar-refractivity contribution is -0.123. The molecule has 0 aliphatic carbocycles. The van der Waals surface area contributed by atoms with Gasteiger partial charge < -0.3 is 9.72 Å². The zero-order chi connectivity index (χ0) is 18.1. The molecule has 1 aliphatic heterocycles. The molecule has 0 spiro atoms. The number of hydrogen-bond donors (Lipinski definition) is 2. The number of rotatable bonds is 4. The fourth-order valence-corrected chi connectivity index (χ4v) is 2.93. The van der Waals surface area contributed by atoms with Crippen molar-refractivity contribution < 1.29 is 14.3 Å². The van der Waals surface area contributed by atoms with Gasteiger partial charge in [-0.15, -0.1) is 0 Å². The zero-order valence-electron chi connectivity index (χ0n) is 13.9. The van der Waals surface area contributed by atoms with Crippen LogP contribution < -0.4 is 10.1 Å². The number of nitrogens with one attached hydrogen (secondary N) is 2. The van der Waals surface area contributed by atoms with Crippen molar-refractivity contribution in [2.24, 2.45) is 4.99 Å². The largest absolute Gasteiger partial charge is 0.497 e. The summed E-state index contributed by atoms with van der Waals surface area (Å²) in [6.07, 6.45) is 3.28. The minimum Gasteiger partial charge on any atom is -0.497 e. The van der Waals surface area contributed by atoms with Gasteiger partial charge in [0, 0.05) is 28.9 Å². The first-order valence-electron chi connectivity index (χ1n) is 8.02. The van der Waals surface area contributed by atoms with Crippen LogP contribution in [0.1, 0.15) is 11.1 Å². The molecule has 1 aliphatic rings. The van der Waals surface area contributed by atoms with Crippen LogP contribution >= 0.6 is 0 Å². The standard InChI is InChI=1S/C20H15N3O3/c1-26-13-7-8-16-14(9-13)15(11-21-16)17-18(20(25)23-19(17)24)22-10-12-5-3-2-4-6-12/h2-11,21H,1H3,(H,23,24,25). The Balaban J connectivity index is 1.86. The van der Waals surface area contributed by atoms with Crippen molar-refractivity contribution in [3.8, 4) is 5.75 Å². The van der Waals surface area contributed by atoms with E-state index in [0.29, 0.717) is 11.3 Å². The van der Waals surface area contributed by atoms with Gasteiger partial charge in [0.25, 0.3) is 11.8 Å². The van der Waals surface area contributed by atoms with E-state index < -0.39 is 11.8 Å². The van der Waals surface area contributed by atoms with Gasteiger partial charge in [-0.25, -0.2) is 4.99 Å². The van der Waals surface area contributed by atoms with Crippen LogP contribution in [0.3, 0.4) is 0 Å². The smallest absolute Gasteiger partial charge is 0.277 e. The highest BCUT2D eigenvalue weighted by atomic mass is 16.5. The van der Waals surface area contributed by atoms with Crippen LogP contribution in [0.15, 0.2) is 65.4 Å². The molecule has 6 heteroatoms. The number of benzene rings is 2. The summed E-state index contributed by atoms with van der Waals surface area (Å²) < 4.78 is 5.26. The van der Waals surface area contributed by atoms with Crippen molar-refractivity contribution in [1.29, 1.82) is 0 Å². The lowest BCUT2D eigenvalue weighted by Crippen LogP contribution is -2.22. The van der Waals surface area contributed by atoms with E-state index in [1.807, 2.05) is 48.5 Å². The zero-order valence-corrected chi connectivity index (χ0v) is 13.9. The number of ether oxygens (including phenoxy) is 1. The summed E-state index contributed by atoms with van der Waals surface area (Å²) >= 11 is 0. The van der Waals surface area contributed by atoms with Gasteiger partial charge in [0.05, 0.1) is 12.7 Å². The molecule has 4 rings (SSSR count). The van der Waals surface area contributed by atoms with Gasteiger partial charge in [-0.1, -0.05) is 30.3 Å². The third-order valence-electron chi connectivity index (χ3n) is 4.21. The number of imide groups is 1. The van der Waals surface area contributed by atoms with E-state index >= 15 is 0 Å². The van der Waals surface area contributed by atoms with E-state index in [9.17, 15) is 9.59 Å². The quantitative estimate of drug-likeness (QED) is 0.563. The normalized spacial score (nSPS) is 14.5. The summed E-state index contributed by atoms with van der Waals surface area (Å²) in [5.74, 6) is -0.300. The van der Waals surface area contributed by atoms with Gasteiger partial charge in [-0.2, -0.15) is 0 Å². The molecule has 0 bridgehead atoms. The third-order valence-corrected chi connectivity index (χ3v) is 4.21. The first-order chi connectivity index (χ1) is 12.7. The SMILES string of the molecule is COc1ccc2[nH]cc(C3=C(N=Cc4ccccc4)C(=O)NC3=O)c2c1. The molecule has 0 radical (unpaired) electrons. The molecule has 0 fully saturated rings. The minimum atomic E-state index is -0.505. The molecule has 0 saturated carbocycles. The fourth-order valence-electron chi connectivity index (χ4n) is 2.93. The maximum absolute atomic E-state index is 12.4. The van der Waals surface area contributed by atoms with Gasteiger partial charge in [0.2, 0.25) is 0 Å². The molecular formula is C20H15N3O3. The van der Waals surface area contributed by atoms with Crippen molar-refractivity contribution in [3.63, 3.8) is 0 Å². The molecule has 0 unspecified atom stereocenters. The highest BCUT2D eigenvalue weighted by Crippen LogP contribution is 2.32. The molecule has 1 aromatic heterocycles. The van der Waals surface area contributed by atoms with Crippen LogP contribution in [-0.2, 0) is 9.59 Å². The summed E-state index contributed by atoms with van der Waals surface area (Å²) in [6, 6.07) is 14.9. The van der Waals surface area contributed by atoms with Crippen LogP contribution in [0.4, 0.5) is 0 Å². The summed E-state index contributed by atoms with van der Waals surface area (Å²) in [5, 5.41) is 3.11. The van der Waals surface area contributed by atoms with Crippen molar-refractivity contribution in [2.75, 3.05) is 7.11 Å². The molecule has 3 aromatic rings. The summed E-state index contributed by atoms with van der Waals surface area (Å²) in [6.45, 7) is 0. The third kappa shape index (κ3) is 2.67. The summed E-state index contributed by atoms with van der Waals surface area (Å²) in [5.41, 5.74) is 2.64. The van der Waals surface area contributed by atoms with Crippen LogP contribution in [0.5, 0.6) is 5.75 Å². The molecule has 2 amide bonds. The average molecular weight is 345 g/mol. The number of methoxy groups -OCH3 is 1. The van der Waals surface area contributed by atoms with Crippen molar-refractivity contribution in [1.82, 2.24) is 10.3 Å². The summed E-state index contributed by atoms with van der Waals surface area (Å²) in [4.78, 5) is 32.0. The number of fused-ring (bicyclic) bond motifs is 1. The minimum absolute atomic E-state index is 0.0996. The fraction of sp³-hybridized carbons (Fsp3) is 0.0500. The van der Waals surface area contributed by atoms with Crippen LogP contribution in [-0.4, -0.2) is 30.1 Å². The number of aromatic amines is 1. The lowest BCUT2D eigenvalue weighted by Gasteiger charge is -2.02. The van der Waals surface area contributed by atoms with E-state index in [1.165, 1.54) is 0 Å². The molecule has 6 nitrogen and oxygen atoms in total. The van der Waals surface area contributed by atoms with Crippen molar-refractivity contribution in [2.45, 2.75) is 0 Å². The molecule has 2 N–H and O–H groups in total. The predicted molar refractivity (Wildman–Crippen MR) is 99.0 cm³/mol. The van der Waals surface area contributed by atoms with Gasteiger partial charge in [0.1, 0.15) is 11.4 Å². The van der Waals surface area contributed by atoms with Crippen LogP contribution in [0.2, 0.25) is 0 Å². The van der Waals surface area contributed by atoms with Crippen LogP contribution in [0.25, 0.3) is 16.5 Å². The molecular weight excluding hydrogens is 330 g/mol. The molecule has 2 aromatic carbocycles. The van der Waals surface area contributed by atoms with E-state index in [4.69, 9.17) is 4.74 Å². The highest BCUT2D eigenvalue weighted by Gasteiger charge is 2.32. The number of nitrogens with zero attached hydrogens (tertiary/aromatic N) is 1. The van der Waals surface area contributed by atoms with Gasteiger partial charge in [-0.3, -0.25) is 14.9 Å². The van der Waals surface area contributed by atoms with Crippen molar-refractivity contribution >= 4 is 34.5 Å². The molecule has 26 heavy (non-hydrogen) atoms. The Hall–Kier alpha value is -3.67. The second-order valence-corrected chi connectivity index (χ2v) is 5.79. The second-order valence-electron chi connectivity index (χ2n) is 5.79. The van der Waals surface area contributed by atoms with E-state index in [0.717, 1.165) is 16.5 Å². The number of H-pyrrole nitrogens is 1. The van der Waals surface area contributed by atoms with Gasteiger partial charge in [0.15, 0.2) is 0 Å². The maximum atomic E-state index is 12.4. The Kier molecular flexibility index (Phi) is 3.85. The maximum Gasteiger partial charge on any atom is 0.277 e. The topological polar surface area (TPSA) is 83.5 Å². The Morgan fingerprint density at radius 2 is 1.85 bits per heavy atom. The molecule has 2 heterocycles. The van der Waals surface area contributed by atoms with Crippen molar-refractivity contribution in [3.05, 3.63) is 71.6 Å². The number of carbonyl (C=O) groups is 2. The average Bonchev–Trinajstić information content (AvgIpc) is 3.19. The Morgan fingerprint density at radius 3 is 2.62 bits per heavy atom. The number of amides is 2. The number of aliphatic imine (C=N–C) groups is 1. The highest BCUT2D eigenvalue weighted by molar-refractivity contribution is 6.37. The molecule has 0 atom stereocenters. The molecule has 128 valence electrons. The first-order valence-corrected chi connectivity index (χ1v) is 8.02. The molecule has 0 saturated heterocycles.